The lowest BCUT2D eigenvalue weighted by molar-refractivity contribution is 0.302. The Hall–Kier alpha value is -1.76. The van der Waals surface area contributed by atoms with Gasteiger partial charge in [-0.3, -0.25) is 0 Å². The van der Waals surface area contributed by atoms with Gasteiger partial charge < -0.3 is 4.74 Å². The maximum absolute atomic E-state index is 5.89. The lowest BCUT2D eigenvalue weighted by Crippen LogP contribution is -1.99. The molecule has 1 heteroatoms. The summed E-state index contributed by atoms with van der Waals surface area (Å²) in [7, 11) is 0. The van der Waals surface area contributed by atoms with Crippen molar-refractivity contribution < 1.29 is 4.74 Å². The molecule has 1 nitrogen and oxygen atoms in total. The second kappa shape index (κ2) is 5.53. The van der Waals surface area contributed by atoms with E-state index >= 15 is 0 Å². The standard InChI is InChI=1S/C16H18O/c1-3-14-9-6-7-11-16(14)17-12-15-10-5-4-8-13(15)2/h4-11H,3,12H2,1-2H3. The molecule has 0 saturated heterocycles. The molecule has 0 aliphatic rings. The molecule has 0 fully saturated rings. The normalized spacial score (nSPS) is 10.2. The van der Waals surface area contributed by atoms with Crippen molar-refractivity contribution in [1.82, 2.24) is 0 Å². The summed E-state index contributed by atoms with van der Waals surface area (Å²) in [6.45, 7) is 4.91. The molecule has 0 aliphatic heterocycles. The minimum Gasteiger partial charge on any atom is -0.489 e. The molecule has 0 unspecified atom stereocenters. The quantitative estimate of drug-likeness (QED) is 0.761. The zero-order chi connectivity index (χ0) is 12.1. The number of hydrogen-bond donors (Lipinski definition) is 0. The Morgan fingerprint density at radius 2 is 1.53 bits per heavy atom. The lowest BCUT2D eigenvalue weighted by atomic mass is 10.1. The summed E-state index contributed by atoms with van der Waals surface area (Å²) >= 11 is 0. The molecule has 0 aliphatic carbocycles. The van der Waals surface area contributed by atoms with E-state index in [-0.39, 0.29) is 0 Å². The van der Waals surface area contributed by atoms with E-state index in [4.69, 9.17) is 4.74 Å². The monoisotopic (exact) mass is 226 g/mol. The molecule has 0 bridgehead atoms. The molecule has 2 aromatic carbocycles. The Balaban J connectivity index is 2.10. The molecule has 88 valence electrons. The Bertz CT molecular complexity index is 488. The van der Waals surface area contributed by atoms with Crippen molar-refractivity contribution >= 4 is 0 Å². The molecule has 0 N–H and O–H groups in total. The summed E-state index contributed by atoms with van der Waals surface area (Å²) in [5.41, 5.74) is 3.79. The summed E-state index contributed by atoms with van der Waals surface area (Å²) in [4.78, 5) is 0. The van der Waals surface area contributed by atoms with Gasteiger partial charge in [0.05, 0.1) is 0 Å². The van der Waals surface area contributed by atoms with Gasteiger partial charge in [-0.05, 0) is 36.1 Å². The van der Waals surface area contributed by atoms with E-state index in [2.05, 4.69) is 50.2 Å². The highest BCUT2D eigenvalue weighted by atomic mass is 16.5. The predicted octanol–water partition coefficient (Wildman–Crippen LogP) is 4.14. The van der Waals surface area contributed by atoms with Crippen LogP contribution < -0.4 is 4.74 Å². The van der Waals surface area contributed by atoms with E-state index in [1.54, 1.807) is 0 Å². The SMILES string of the molecule is CCc1ccccc1OCc1ccccc1C. The fourth-order valence-corrected chi connectivity index (χ4v) is 1.86. The first-order chi connectivity index (χ1) is 8.31. The van der Waals surface area contributed by atoms with Crippen LogP contribution in [-0.4, -0.2) is 0 Å². The van der Waals surface area contributed by atoms with E-state index in [0.717, 1.165) is 12.2 Å². The fraction of sp³-hybridized carbons (Fsp3) is 0.250. The maximum Gasteiger partial charge on any atom is 0.122 e. The van der Waals surface area contributed by atoms with Gasteiger partial charge in [-0.25, -0.2) is 0 Å². The van der Waals surface area contributed by atoms with Crippen molar-refractivity contribution in [3.05, 3.63) is 65.2 Å². The zero-order valence-corrected chi connectivity index (χ0v) is 10.4. The zero-order valence-electron chi connectivity index (χ0n) is 10.4. The van der Waals surface area contributed by atoms with Gasteiger partial charge in [0.2, 0.25) is 0 Å². The van der Waals surface area contributed by atoms with Crippen molar-refractivity contribution in [1.29, 1.82) is 0 Å². The minimum absolute atomic E-state index is 0.643. The van der Waals surface area contributed by atoms with Gasteiger partial charge in [0.1, 0.15) is 12.4 Å². The Labute approximate surface area is 103 Å². The van der Waals surface area contributed by atoms with Gasteiger partial charge in [0.15, 0.2) is 0 Å². The summed E-state index contributed by atoms with van der Waals surface area (Å²) in [5, 5.41) is 0. The van der Waals surface area contributed by atoms with Gasteiger partial charge >= 0.3 is 0 Å². The first-order valence-electron chi connectivity index (χ1n) is 6.06. The van der Waals surface area contributed by atoms with Crippen molar-refractivity contribution in [3.8, 4) is 5.75 Å². The number of hydrogen-bond acceptors (Lipinski definition) is 1. The lowest BCUT2D eigenvalue weighted by Gasteiger charge is -2.11. The van der Waals surface area contributed by atoms with Crippen LogP contribution in [0, 0.1) is 6.92 Å². The van der Waals surface area contributed by atoms with Crippen LogP contribution in [0.2, 0.25) is 0 Å². The van der Waals surface area contributed by atoms with Gasteiger partial charge in [-0.2, -0.15) is 0 Å². The highest BCUT2D eigenvalue weighted by Gasteiger charge is 2.02. The molecule has 0 spiro atoms. The number of benzene rings is 2. The van der Waals surface area contributed by atoms with E-state index < -0.39 is 0 Å². The van der Waals surface area contributed by atoms with Crippen molar-refractivity contribution in [2.75, 3.05) is 0 Å². The van der Waals surface area contributed by atoms with E-state index in [1.165, 1.54) is 16.7 Å². The first-order valence-corrected chi connectivity index (χ1v) is 6.06. The third kappa shape index (κ3) is 2.88. The second-order valence-electron chi connectivity index (χ2n) is 4.18. The Morgan fingerprint density at radius 1 is 0.882 bits per heavy atom. The molecule has 2 aromatic rings. The summed E-state index contributed by atoms with van der Waals surface area (Å²) in [6, 6.07) is 16.6. The van der Waals surface area contributed by atoms with Gasteiger partial charge in [-0.1, -0.05) is 49.4 Å². The fourth-order valence-electron chi connectivity index (χ4n) is 1.86. The van der Waals surface area contributed by atoms with Gasteiger partial charge in [0.25, 0.3) is 0 Å². The maximum atomic E-state index is 5.89. The van der Waals surface area contributed by atoms with E-state index in [0.29, 0.717) is 6.61 Å². The van der Waals surface area contributed by atoms with E-state index in [1.807, 2.05) is 12.1 Å². The van der Waals surface area contributed by atoms with Gasteiger partial charge in [-0.15, -0.1) is 0 Å². The predicted molar refractivity (Wildman–Crippen MR) is 71.3 cm³/mol. The van der Waals surface area contributed by atoms with Crippen LogP contribution in [0.1, 0.15) is 23.6 Å². The molecule has 0 aromatic heterocycles. The second-order valence-corrected chi connectivity index (χ2v) is 4.18. The van der Waals surface area contributed by atoms with Crippen LogP contribution in [0.15, 0.2) is 48.5 Å². The summed E-state index contributed by atoms with van der Waals surface area (Å²) in [5.74, 6) is 0.998. The van der Waals surface area contributed by atoms with Crippen LogP contribution in [0.25, 0.3) is 0 Å². The van der Waals surface area contributed by atoms with Crippen LogP contribution in [0.4, 0.5) is 0 Å². The van der Waals surface area contributed by atoms with Crippen molar-refractivity contribution in [2.24, 2.45) is 0 Å². The molecule has 0 heterocycles. The largest absolute Gasteiger partial charge is 0.489 e. The molecular formula is C16H18O. The average molecular weight is 226 g/mol. The number of rotatable bonds is 4. The number of para-hydroxylation sites is 1. The third-order valence-corrected chi connectivity index (χ3v) is 3.00. The minimum atomic E-state index is 0.643. The Kier molecular flexibility index (Phi) is 3.81. The molecule has 0 radical (unpaired) electrons. The highest BCUT2D eigenvalue weighted by molar-refractivity contribution is 5.34. The summed E-state index contributed by atoms with van der Waals surface area (Å²) in [6.07, 6.45) is 1.00. The van der Waals surface area contributed by atoms with Crippen LogP contribution in [-0.2, 0) is 13.0 Å². The van der Waals surface area contributed by atoms with E-state index in [9.17, 15) is 0 Å². The third-order valence-electron chi connectivity index (χ3n) is 3.00. The van der Waals surface area contributed by atoms with Gasteiger partial charge in [0, 0.05) is 0 Å². The van der Waals surface area contributed by atoms with Crippen LogP contribution in [0.3, 0.4) is 0 Å². The number of ether oxygens (including phenoxy) is 1. The highest BCUT2D eigenvalue weighted by Crippen LogP contribution is 2.20. The summed E-state index contributed by atoms with van der Waals surface area (Å²) < 4.78 is 5.89. The topological polar surface area (TPSA) is 9.23 Å². The molecule has 2 rings (SSSR count). The Morgan fingerprint density at radius 3 is 2.24 bits per heavy atom. The molecule has 0 atom stereocenters. The van der Waals surface area contributed by atoms with Crippen molar-refractivity contribution in [2.45, 2.75) is 26.9 Å². The molecular weight excluding hydrogens is 208 g/mol. The molecule has 0 saturated carbocycles. The molecule has 0 amide bonds. The van der Waals surface area contributed by atoms with Crippen LogP contribution in [0.5, 0.6) is 5.75 Å². The smallest absolute Gasteiger partial charge is 0.122 e. The number of aryl methyl sites for hydroxylation is 2. The van der Waals surface area contributed by atoms with Crippen LogP contribution >= 0.6 is 0 Å². The molecule has 17 heavy (non-hydrogen) atoms. The van der Waals surface area contributed by atoms with Crippen molar-refractivity contribution in [3.63, 3.8) is 0 Å². The first kappa shape index (κ1) is 11.7. The average Bonchev–Trinajstić information content (AvgIpc) is 2.38.